The molecule has 2 aromatic rings. The van der Waals surface area contributed by atoms with Crippen LogP contribution < -0.4 is 9.47 Å². The Labute approximate surface area is 141 Å². The molecule has 0 bridgehead atoms. The topological polar surface area (TPSA) is 18.5 Å². The number of ether oxygens (including phenoxy) is 2. The van der Waals surface area contributed by atoms with E-state index in [2.05, 4.69) is 63.0 Å². The maximum absolute atomic E-state index is 5.76. The molecule has 1 heterocycles. The molecule has 0 fully saturated rings. The van der Waals surface area contributed by atoms with Crippen LogP contribution in [0.25, 0.3) is 0 Å². The summed E-state index contributed by atoms with van der Waals surface area (Å²) in [6.07, 6.45) is 1.24. The molecule has 21 heavy (non-hydrogen) atoms. The van der Waals surface area contributed by atoms with Gasteiger partial charge in [-0.05, 0) is 36.2 Å². The van der Waals surface area contributed by atoms with Crippen molar-refractivity contribution >= 4 is 31.9 Å². The van der Waals surface area contributed by atoms with Crippen molar-refractivity contribution in [3.05, 3.63) is 57.6 Å². The summed E-state index contributed by atoms with van der Waals surface area (Å²) in [6, 6.07) is 12.5. The number of hydrogen-bond donors (Lipinski definition) is 0. The molecule has 4 heteroatoms. The summed E-state index contributed by atoms with van der Waals surface area (Å²) in [6.45, 7) is 2.10. The van der Waals surface area contributed by atoms with Gasteiger partial charge < -0.3 is 9.47 Å². The first-order chi connectivity index (χ1) is 10.1. The highest BCUT2D eigenvalue weighted by Gasteiger charge is 2.22. The Kier molecular flexibility index (Phi) is 4.27. The third-order valence-corrected chi connectivity index (χ3v) is 5.20. The molecule has 0 spiro atoms. The number of benzene rings is 2. The van der Waals surface area contributed by atoms with Crippen molar-refractivity contribution in [2.45, 2.75) is 24.3 Å². The largest absolute Gasteiger partial charge is 0.496 e. The molecular weight excluding hydrogens is 396 g/mol. The Balaban J connectivity index is 1.96. The van der Waals surface area contributed by atoms with Crippen LogP contribution in [-0.4, -0.2) is 13.2 Å². The van der Waals surface area contributed by atoms with Crippen molar-refractivity contribution in [2.24, 2.45) is 0 Å². The van der Waals surface area contributed by atoms with E-state index in [0.717, 1.165) is 28.0 Å². The molecule has 0 saturated heterocycles. The highest BCUT2D eigenvalue weighted by Crippen LogP contribution is 2.40. The molecule has 0 saturated carbocycles. The zero-order chi connectivity index (χ0) is 15.0. The lowest BCUT2D eigenvalue weighted by Crippen LogP contribution is -2.05. The Morgan fingerprint density at radius 1 is 1.24 bits per heavy atom. The van der Waals surface area contributed by atoms with Gasteiger partial charge >= 0.3 is 0 Å². The maximum Gasteiger partial charge on any atom is 0.124 e. The second-order valence-corrected chi connectivity index (χ2v) is 7.08. The van der Waals surface area contributed by atoms with Crippen molar-refractivity contribution in [2.75, 3.05) is 7.11 Å². The summed E-state index contributed by atoms with van der Waals surface area (Å²) in [5.41, 5.74) is 3.61. The number of hydrogen-bond acceptors (Lipinski definition) is 2. The minimum Gasteiger partial charge on any atom is -0.496 e. The van der Waals surface area contributed by atoms with Crippen molar-refractivity contribution in [3.63, 3.8) is 0 Å². The van der Waals surface area contributed by atoms with E-state index >= 15 is 0 Å². The average molecular weight is 412 g/mol. The highest BCUT2D eigenvalue weighted by atomic mass is 79.9. The van der Waals surface area contributed by atoms with E-state index in [-0.39, 0.29) is 10.9 Å². The zero-order valence-electron chi connectivity index (χ0n) is 11.9. The van der Waals surface area contributed by atoms with Crippen LogP contribution in [0.2, 0.25) is 0 Å². The van der Waals surface area contributed by atoms with Gasteiger partial charge in [0, 0.05) is 16.5 Å². The van der Waals surface area contributed by atoms with Crippen LogP contribution in [-0.2, 0) is 6.42 Å². The molecule has 0 amide bonds. The van der Waals surface area contributed by atoms with E-state index in [9.17, 15) is 0 Å². The van der Waals surface area contributed by atoms with Crippen LogP contribution in [0.4, 0.5) is 0 Å². The fraction of sp³-hybridized carbons (Fsp3) is 0.294. The van der Waals surface area contributed by atoms with Crippen molar-refractivity contribution in [1.29, 1.82) is 0 Å². The van der Waals surface area contributed by atoms with Gasteiger partial charge in [0.1, 0.15) is 17.6 Å². The van der Waals surface area contributed by atoms with E-state index < -0.39 is 0 Å². The van der Waals surface area contributed by atoms with Gasteiger partial charge in [-0.15, -0.1) is 0 Å². The van der Waals surface area contributed by atoms with E-state index in [1.165, 1.54) is 11.1 Å². The summed E-state index contributed by atoms with van der Waals surface area (Å²) in [7, 11) is 1.70. The van der Waals surface area contributed by atoms with Crippen LogP contribution in [0.5, 0.6) is 11.5 Å². The van der Waals surface area contributed by atoms with E-state index in [0.29, 0.717) is 0 Å². The van der Waals surface area contributed by atoms with Crippen LogP contribution in [0.15, 0.2) is 40.9 Å². The monoisotopic (exact) mass is 410 g/mol. The van der Waals surface area contributed by atoms with Crippen LogP contribution in [0.1, 0.15) is 28.4 Å². The maximum atomic E-state index is 5.76. The molecule has 2 nitrogen and oxygen atoms in total. The number of rotatable bonds is 3. The zero-order valence-corrected chi connectivity index (χ0v) is 15.1. The Morgan fingerprint density at radius 2 is 2.05 bits per heavy atom. The van der Waals surface area contributed by atoms with Gasteiger partial charge in [0.25, 0.3) is 0 Å². The minimum atomic E-state index is 0.0988. The van der Waals surface area contributed by atoms with Gasteiger partial charge in [-0.3, -0.25) is 0 Å². The van der Waals surface area contributed by atoms with E-state index in [1.807, 2.05) is 12.1 Å². The van der Waals surface area contributed by atoms with Gasteiger partial charge in [0.15, 0.2) is 0 Å². The van der Waals surface area contributed by atoms with Gasteiger partial charge in [-0.1, -0.05) is 50.1 Å². The molecule has 2 aromatic carbocycles. The second kappa shape index (κ2) is 6.01. The Bertz CT molecular complexity index is 670. The third-order valence-electron chi connectivity index (χ3n) is 3.68. The summed E-state index contributed by atoms with van der Waals surface area (Å²) in [5, 5.41) is 0. The summed E-state index contributed by atoms with van der Waals surface area (Å²) >= 11 is 7.28. The fourth-order valence-corrected chi connectivity index (χ4v) is 3.68. The predicted octanol–water partition coefficient (Wildman–Crippen LogP) is 5.27. The summed E-state index contributed by atoms with van der Waals surface area (Å²) in [5.74, 6) is 1.88. The molecule has 0 radical (unpaired) electrons. The minimum absolute atomic E-state index is 0.0988. The molecular formula is C17H16Br2O2. The molecule has 0 aliphatic carbocycles. The molecule has 2 atom stereocenters. The van der Waals surface area contributed by atoms with Gasteiger partial charge in [0.05, 0.1) is 11.9 Å². The van der Waals surface area contributed by atoms with Crippen molar-refractivity contribution < 1.29 is 9.47 Å². The molecule has 0 N–H and O–H groups in total. The highest BCUT2D eigenvalue weighted by molar-refractivity contribution is 9.10. The van der Waals surface area contributed by atoms with Crippen LogP contribution in [0, 0.1) is 0 Å². The average Bonchev–Trinajstić information content (AvgIpc) is 2.85. The van der Waals surface area contributed by atoms with Gasteiger partial charge in [-0.2, -0.15) is 0 Å². The summed E-state index contributed by atoms with van der Waals surface area (Å²) < 4.78 is 12.3. The van der Waals surface area contributed by atoms with Crippen LogP contribution >= 0.6 is 31.9 Å². The normalized spacial score (nSPS) is 18.0. The Morgan fingerprint density at radius 3 is 2.81 bits per heavy atom. The predicted molar refractivity (Wildman–Crippen MR) is 91.7 cm³/mol. The van der Waals surface area contributed by atoms with Gasteiger partial charge in [-0.25, -0.2) is 0 Å². The molecule has 2 unspecified atom stereocenters. The van der Waals surface area contributed by atoms with Crippen LogP contribution in [0.3, 0.4) is 0 Å². The lowest BCUT2D eigenvalue weighted by molar-refractivity contribution is 0.254. The smallest absolute Gasteiger partial charge is 0.124 e. The summed E-state index contributed by atoms with van der Waals surface area (Å²) in [4.78, 5) is 0.0988. The number of halogens is 2. The standard InChI is InChI=1S/C17H16Br2O2/c1-10-7-12-8-11(3-6-15(12)21-10)17(19)14-5-4-13(18)9-16(14)20-2/h3-6,8-10,17H,7H2,1-2H3. The van der Waals surface area contributed by atoms with Gasteiger partial charge in [0.2, 0.25) is 0 Å². The molecule has 0 aromatic heterocycles. The lowest BCUT2D eigenvalue weighted by atomic mass is 10.0. The second-order valence-electron chi connectivity index (χ2n) is 5.25. The Hall–Kier alpha value is -1.00. The third kappa shape index (κ3) is 2.97. The van der Waals surface area contributed by atoms with E-state index in [1.54, 1.807) is 7.11 Å². The molecule has 110 valence electrons. The number of fused-ring (bicyclic) bond motifs is 1. The number of alkyl halides is 1. The molecule has 1 aliphatic heterocycles. The molecule has 1 aliphatic rings. The lowest BCUT2D eigenvalue weighted by Gasteiger charge is -2.16. The first kappa shape index (κ1) is 14.9. The van der Waals surface area contributed by atoms with Crippen molar-refractivity contribution in [3.8, 4) is 11.5 Å². The fourth-order valence-electron chi connectivity index (χ4n) is 2.67. The van der Waals surface area contributed by atoms with Crippen molar-refractivity contribution in [1.82, 2.24) is 0 Å². The SMILES string of the molecule is COc1cc(Br)ccc1C(Br)c1ccc2c(c1)CC(C)O2. The quantitative estimate of drug-likeness (QED) is 0.641. The van der Waals surface area contributed by atoms with E-state index in [4.69, 9.17) is 9.47 Å². The molecule has 3 rings (SSSR count). The first-order valence-electron chi connectivity index (χ1n) is 6.85. The number of methoxy groups -OCH3 is 1. The first-order valence-corrected chi connectivity index (χ1v) is 8.56.